The van der Waals surface area contributed by atoms with E-state index in [9.17, 15) is 13.2 Å². The van der Waals surface area contributed by atoms with Crippen LogP contribution in [-0.2, 0) is 33.9 Å². The van der Waals surface area contributed by atoms with Gasteiger partial charge in [-0.1, -0.05) is 49.9 Å². The number of anilines is 1. The molecule has 2 fully saturated rings. The SMILES string of the molecule is CCc1cccc(CC)c1N1C(=NC(=O)Cc2ccc(OC)c(OC)c2)S[C@H]2CS(=O)(=O)C[C@H]21. The van der Waals surface area contributed by atoms with Crippen molar-refractivity contribution in [3.8, 4) is 11.5 Å². The molecule has 0 spiro atoms. The zero-order chi connectivity index (χ0) is 24.5. The highest BCUT2D eigenvalue weighted by Gasteiger charge is 2.50. The van der Waals surface area contributed by atoms with Gasteiger partial charge in [-0.15, -0.1) is 0 Å². The van der Waals surface area contributed by atoms with Crippen molar-refractivity contribution in [2.45, 2.75) is 44.4 Å². The summed E-state index contributed by atoms with van der Waals surface area (Å²) in [5.41, 5.74) is 4.03. The number of carbonyl (C=O) groups excluding carboxylic acids is 1. The van der Waals surface area contributed by atoms with Crippen molar-refractivity contribution in [2.24, 2.45) is 4.99 Å². The number of amides is 1. The Kier molecular flexibility index (Phi) is 7.23. The first-order valence-corrected chi connectivity index (χ1v) is 14.1. The molecule has 0 radical (unpaired) electrons. The van der Waals surface area contributed by atoms with E-state index in [1.54, 1.807) is 26.4 Å². The summed E-state index contributed by atoms with van der Waals surface area (Å²) >= 11 is 1.41. The molecule has 0 unspecified atom stereocenters. The van der Waals surface area contributed by atoms with Gasteiger partial charge >= 0.3 is 0 Å². The zero-order valence-electron chi connectivity index (χ0n) is 19.9. The number of hydrogen-bond donors (Lipinski definition) is 0. The lowest BCUT2D eigenvalue weighted by molar-refractivity contribution is -0.117. The molecule has 2 aliphatic heterocycles. The first-order valence-electron chi connectivity index (χ1n) is 11.4. The van der Waals surface area contributed by atoms with Crippen molar-refractivity contribution in [3.63, 3.8) is 0 Å². The Morgan fingerprint density at radius 3 is 2.35 bits per heavy atom. The van der Waals surface area contributed by atoms with E-state index in [2.05, 4.69) is 31.0 Å². The fourth-order valence-corrected chi connectivity index (χ4v) is 8.58. The lowest BCUT2D eigenvalue weighted by Crippen LogP contribution is -2.39. The molecule has 0 bridgehead atoms. The summed E-state index contributed by atoms with van der Waals surface area (Å²) in [6.07, 6.45) is 1.73. The molecule has 2 heterocycles. The minimum atomic E-state index is -3.13. The van der Waals surface area contributed by atoms with Gasteiger partial charge in [0.25, 0.3) is 5.91 Å². The van der Waals surface area contributed by atoms with Crippen LogP contribution in [-0.4, -0.2) is 56.5 Å². The zero-order valence-corrected chi connectivity index (χ0v) is 21.5. The lowest BCUT2D eigenvalue weighted by Gasteiger charge is -2.29. The molecule has 0 saturated carbocycles. The van der Waals surface area contributed by atoms with Crippen molar-refractivity contribution in [3.05, 3.63) is 53.1 Å². The number of nitrogens with zero attached hydrogens (tertiary/aromatic N) is 2. The van der Waals surface area contributed by atoms with Gasteiger partial charge in [-0.2, -0.15) is 4.99 Å². The summed E-state index contributed by atoms with van der Waals surface area (Å²) in [6, 6.07) is 11.3. The van der Waals surface area contributed by atoms with E-state index < -0.39 is 9.84 Å². The molecular weight excluding hydrogens is 472 g/mol. The van der Waals surface area contributed by atoms with E-state index in [0.29, 0.717) is 16.7 Å². The fraction of sp³-hybridized carbons (Fsp3) is 0.440. The number of methoxy groups -OCH3 is 2. The molecule has 2 aromatic carbocycles. The van der Waals surface area contributed by atoms with Crippen LogP contribution in [0.15, 0.2) is 41.4 Å². The average molecular weight is 503 g/mol. The van der Waals surface area contributed by atoms with E-state index in [1.807, 2.05) is 17.0 Å². The molecule has 34 heavy (non-hydrogen) atoms. The van der Waals surface area contributed by atoms with Crippen molar-refractivity contribution >= 4 is 38.4 Å². The number of hydrogen-bond acceptors (Lipinski definition) is 6. The molecule has 1 amide bonds. The van der Waals surface area contributed by atoms with Gasteiger partial charge in [-0.05, 0) is 41.7 Å². The molecule has 2 aliphatic rings. The fourth-order valence-electron chi connectivity index (χ4n) is 4.66. The van der Waals surface area contributed by atoms with Gasteiger partial charge in [0.05, 0.1) is 38.2 Å². The number of fused-ring (bicyclic) bond motifs is 1. The Morgan fingerprint density at radius 1 is 1.06 bits per heavy atom. The van der Waals surface area contributed by atoms with Crippen LogP contribution in [0.2, 0.25) is 0 Å². The Balaban J connectivity index is 1.70. The highest BCUT2D eigenvalue weighted by Crippen LogP contribution is 2.43. The third-order valence-electron chi connectivity index (χ3n) is 6.30. The number of thioether (sulfide) groups is 1. The Labute approximate surface area is 205 Å². The number of aliphatic imine (C=N–C) groups is 1. The second kappa shape index (κ2) is 10.00. The number of benzene rings is 2. The standard InChI is InChI=1S/C25H30N2O5S2/c1-5-17-8-7-9-18(6-2)24(17)27-19-14-34(29,30)15-22(19)33-25(27)26-23(28)13-16-10-11-20(31-3)21(12-16)32-4/h7-12,19,22H,5-6,13-15H2,1-4H3/t19-,22+/m1/s1. The quantitative estimate of drug-likeness (QED) is 0.571. The van der Waals surface area contributed by atoms with Crippen LogP contribution in [0.4, 0.5) is 5.69 Å². The van der Waals surface area contributed by atoms with E-state index >= 15 is 0 Å². The van der Waals surface area contributed by atoms with Crippen LogP contribution in [0.1, 0.15) is 30.5 Å². The molecule has 4 rings (SSSR count). The van der Waals surface area contributed by atoms with Gasteiger partial charge in [0.2, 0.25) is 0 Å². The second-order valence-corrected chi connectivity index (χ2v) is 11.8. The summed E-state index contributed by atoms with van der Waals surface area (Å²) in [5, 5.41) is 0.457. The summed E-state index contributed by atoms with van der Waals surface area (Å²) < 4.78 is 35.5. The van der Waals surface area contributed by atoms with Crippen LogP contribution in [0.3, 0.4) is 0 Å². The minimum absolute atomic E-state index is 0.0781. The van der Waals surface area contributed by atoms with Gasteiger partial charge in [0.15, 0.2) is 26.5 Å². The van der Waals surface area contributed by atoms with Gasteiger partial charge < -0.3 is 14.4 Å². The summed E-state index contributed by atoms with van der Waals surface area (Å²) in [7, 11) is -0.00714. The van der Waals surface area contributed by atoms with Crippen LogP contribution in [0.25, 0.3) is 0 Å². The Morgan fingerprint density at radius 2 is 1.74 bits per heavy atom. The molecule has 7 nitrogen and oxygen atoms in total. The number of para-hydroxylation sites is 1. The molecule has 0 aromatic heterocycles. The van der Waals surface area contributed by atoms with Gasteiger partial charge in [0.1, 0.15) is 0 Å². The molecule has 2 aromatic rings. The molecule has 0 aliphatic carbocycles. The Hall–Kier alpha value is -2.52. The molecule has 9 heteroatoms. The second-order valence-electron chi connectivity index (χ2n) is 8.46. The van der Waals surface area contributed by atoms with Gasteiger partial charge in [-0.3, -0.25) is 4.79 Å². The number of sulfone groups is 1. The number of rotatable bonds is 7. The first kappa shape index (κ1) is 24.6. The van der Waals surface area contributed by atoms with Crippen LogP contribution in [0.5, 0.6) is 11.5 Å². The van der Waals surface area contributed by atoms with Gasteiger partial charge in [-0.25, -0.2) is 8.42 Å². The average Bonchev–Trinajstić information content (AvgIpc) is 3.28. The third kappa shape index (κ3) is 4.81. The number of aryl methyl sites for hydroxylation is 2. The smallest absolute Gasteiger partial charge is 0.252 e. The topological polar surface area (TPSA) is 85.3 Å². The highest BCUT2D eigenvalue weighted by molar-refractivity contribution is 8.16. The maximum Gasteiger partial charge on any atom is 0.252 e. The van der Waals surface area contributed by atoms with Crippen molar-refractivity contribution < 1.29 is 22.7 Å². The van der Waals surface area contributed by atoms with Crippen LogP contribution >= 0.6 is 11.8 Å². The first-order chi connectivity index (χ1) is 16.3. The van der Waals surface area contributed by atoms with Crippen molar-refractivity contribution in [1.82, 2.24) is 0 Å². The van der Waals surface area contributed by atoms with E-state index in [0.717, 1.165) is 35.2 Å². The molecule has 2 saturated heterocycles. The largest absolute Gasteiger partial charge is 0.493 e. The molecular formula is C25H30N2O5S2. The van der Waals surface area contributed by atoms with Crippen LogP contribution < -0.4 is 14.4 Å². The maximum absolute atomic E-state index is 13.0. The predicted octanol–water partition coefficient (Wildman–Crippen LogP) is 3.67. The summed E-state index contributed by atoms with van der Waals surface area (Å²) in [4.78, 5) is 19.6. The third-order valence-corrected chi connectivity index (χ3v) is 9.51. The number of carbonyl (C=O) groups is 1. The Bertz CT molecular complexity index is 1200. The summed E-state index contributed by atoms with van der Waals surface area (Å²) in [5.74, 6) is 1.06. The molecule has 2 atom stereocenters. The molecule has 182 valence electrons. The monoisotopic (exact) mass is 502 g/mol. The number of ether oxygens (including phenoxy) is 2. The number of amidine groups is 1. The highest BCUT2D eigenvalue weighted by atomic mass is 32.2. The van der Waals surface area contributed by atoms with E-state index in [1.165, 1.54) is 11.8 Å². The normalized spacial score (nSPS) is 22.1. The van der Waals surface area contributed by atoms with Crippen molar-refractivity contribution in [1.29, 1.82) is 0 Å². The van der Waals surface area contributed by atoms with Crippen molar-refractivity contribution in [2.75, 3.05) is 30.6 Å². The predicted molar refractivity (Wildman–Crippen MR) is 137 cm³/mol. The van der Waals surface area contributed by atoms with E-state index in [4.69, 9.17) is 9.47 Å². The minimum Gasteiger partial charge on any atom is -0.493 e. The molecule has 0 N–H and O–H groups in total. The lowest BCUT2D eigenvalue weighted by atomic mass is 10.0. The maximum atomic E-state index is 13.0. The summed E-state index contributed by atoms with van der Waals surface area (Å²) in [6.45, 7) is 4.17. The van der Waals surface area contributed by atoms with E-state index in [-0.39, 0.29) is 35.1 Å². The van der Waals surface area contributed by atoms with Crippen LogP contribution in [0, 0.1) is 0 Å². The van der Waals surface area contributed by atoms with Gasteiger partial charge in [0, 0.05) is 10.9 Å².